The van der Waals surface area contributed by atoms with Crippen LogP contribution in [0.5, 0.6) is 5.75 Å². The van der Waals surface area contributed by atoms with Crippen LogP contribution in [0, 0.1) is 0 Å². The topological polar surface area (TPSA) is 30.2 Å². The standard InChI is InChI=1S/C20H17ClNO2.BrH/c21-18-8-4-7-17(13-18)20(23)14-22-11-9-19(10-12-22)24-15-16-5-2-1-3-6-16;/h1-13H,14-15H2;1H/q+1;/p-1. The third-order valence-corrected chi connectivity index (χ3v) is 3.82. The third-order valence-electron chi connectivity index (χ3n) is 3.58. The Hall–Kier alpha value is -2.17. The van der Waals surface area contributed by atoms with Crippen LogP contribution in [0.2, 0.25) is 5.02 Å². The first-order valence-corrected chi connectivity index (χ1v) is 8.03. The second-order valence-electron chi connectivity index (χ2n) is 5.41. The lowest BCUT2D eigenvalue weighted by atomic mass is 10.1. The zero-order valence-electron chi connectivity index (χ0n) is 13.4. The minimum Gasteiger partial charge on any atom is -1.00 e. The zero-order valence-corrected chi connectivity index (χ0v) is 15.8. The second-order valence-corrected chi connectivity index (χ2v) is 5.85. The van der Waals surface area contributed by atoms with Crippen LogP contribution < -0.4 is 26.3 Å². The number of hydrogen-bond donors (Lipinski definition) is 0. The van der Waals surface area contributed by atoms with Gasteiger partial charge in [0, 0.05) is 22.7 Å². The first-order chi connectivity index (χ1) is 11.7. The number of aromatic nitrogens is 1. The van der Waals surface area contributed by atoms with Gasteiger partial charge in [-0.1, -0.05) is 54.1 Å². The Labute approximate surface area is 162 Å². The highest BCUT2D eigenvalue weighted by Crippen LogP contribution is 2.12. The summed E-state index contributed by atoms with van der Waals surface area (Å²) in [4.78, 5) is 12.3. The number of ketones is 1. The molecule has 0 spiro atoms. The molecular formula is C20H17BrClNO2. The molecule has 0 aliphatic carbocycles. The number of hydrogen-bond acceptors (Lipinski definition) is 2. The number of Topliss-reactive ketones (excluding diaryl/α,β-unsaturated/α-hetero) is 1. The van der Waals surface area contributed by atoms with Gasteiger partial charge in [-0.3, -0.25) is 4.79 Å². The number of benzene rings is 2. The van der Waals surface area contributed by atoms with Gasteiger partial charge in [-0.05, 0) is 17.7 Å². The Morgan fingerprint density at radius 2 is 1.68 bits per heavy atom. The molecule has 0 unspecified atom stereocenters. The lowest BCUT2D eigenvalue weighted by Crippen LogP contribution is -3.00. The molecule has 2 aromatic carbocycles. The lowest BCUT2D eigenvalue weighted by molar-refractivity contribution is -0.683. The minimum atomic E-state index is 0. The van der Waals surface area contributed by atoms with Crippen LogP contribution in [0.4, 0.5) is 0 Å². The average Bonchev–Trinajstić information content (AvgIpc) is 2.62. The van der Waals surface area contributed by atoms with Crippen LogP contribution in [0.3, 0.4) is 0 Å². The molecule has 128 valence electrons. The molecule has 3 aromatic rings. The van der Waals surface area contributed by atoms with Crippen molar-refractivity contribution in [1.29, 1.82) is 0 Å². The van der Waals surface area contributed by atoms with Crippen LogP contribution in [0.25, 0.3) is 0 Å². The molecule has 3 nitrogen and oxygen atoms in total. The van der Waals surface area contributed by atoms with E-state index in [9.17, 15) is 4.79 Å². The second kappa shape index (κ2) is 9.35. The minimum absolute atomic E-state index is 0. The van der Waals surface area contributed by atoms with Gasteiger partial charge in [0.05, 0.1) is 0 Å². The molecule has 1 aromatic heterocycles. The van der Waals surface area contributed by atoms with Crippen LogP contribution in [0.1, 0.15) is 15.9 Å². The highest BCUT2D eigenvalue weighted by molar-refractivity contribution is 6.30. The quantitative estimate of drug-likeness (QED) is 0.443. The Morgan fingerprint density at radius 3 is 2.36 bits per heavy atom. The number of carbonyl (C=O) groups excluding carboxylic acids is 1. The molecule has 3 rings (SSSR count). The number of carbonyl (C=O) groups is 1. The molecule has 0 aliphatic heterocycles. The van der Waals surface area contributed by atoms with Crippen molar-refractivity contribution in [3.63, 3.8) is 0 Å². The van der Waals surface area contributed by atoms with Crippen molar-refractivity contribution >= 4 is 17.4 Å². The highest BCUT2D eigenvalue weighted by atomic mass is 79.9. The molecule has 0 N–H and O–H groups in total. The van der Waals surface area contributed by atoms with Gasteiger partial charge in [-0.15, -0.1) is 0 Å². The van der Waals surface area contributed by atoms with Crippen molar-refractivity contribution in [1.82, 2.24) is 0 Å². The van der Waals surface area contributed by atoms with Crippen molar-refractivity contribution in [2.45, 2.75) is 13.2 Å². The van der Waals surface area contributed by atoms with Gasteiger partial charge in [0.1, 0.15) is 12.4 Å². The van der Waals surface area contributed by atoms with Gasteiger partial charge in [0.15, 0.2) is 12.4 Å². The number of pyridine rings is 1. The van der Waals surface area contributed by atoms with E-state index in [4.69, 9.17) is 16.3 Å². The molecule has 5 heteroatoms. The summed E-state index contributed by atoms with van der Waals surface area (Å²) in [6, 6.07) is 20.7. The summed E-state index contributed by atoms with van der Waals surface area (Å²) in [6.45, 7) is 0.783. The van der Waals surface area contributed by atoms with Crippen molar-refractivity contribution in [3.8, 4) is 5.75 Å². The molecule has 0 aliphatic rings. The summed E-state index contributed by atoms with van der Waals surface area (Å²) in [5.41, 5.74) is 1.73. The molecule has 0 saturated heterocycles. The Morgan fingerprint density at radius 1 is 0.960 bits per heavy atom. The van der Waals surface area contributed by atoms with E-state index in [1.807, 2.05) is 59.4 Å². The number of nitrogens with zero attached hydrogens (tertiary/aromatic N) is 1. The molecule has 0 amide bonds. The maximum Gasteiger partial charge on any atom is 0.227 e. The summed E-state index contributed by atoms with van der Waals surface area (Å²) in [6.07, 6.45) is 3.67. The van der Waals surface area contributed by atoms with E-state index in [1.54, 1.807) is 24.3 Å². The Balaban J connectivity index is 0.00000225. The van der Waals surface area contributed by atoms with Gasteiger partial charge < -0.3 is 21.7 Å². The van der Waals surface area contributed by atoms with Crippen molar-refractivity contribution in [3.05, 3.63) is 95.3 Å². The number of ether oxygens (including phenoxy) is 1. The van der Waals surface area contributed by atoms with E-state index in [2.05, 4.69) is 0 Å². The van der Waals surface area contributed by atoms with E-state index >= 15 is 0 Å². The van der Waals surface area contributed by atoms with E-state index < -0.39 is 0 Å². The molecule has 1 heterocycles. The van der Waals surface area contributed by atoms with E-state index in [1.165, 1.54) is 0 Å². The highest BCUT2D eigenvalue weighted by Gasteiger charge is 2.12. The van der Waals surface area contributed by atoms with Crippen LogP contribution in [-0.4, -0.2) is 5.78 Å². The maximum atomic E-state index is 12.3. The van der Waals surface area contributed by atoms with E-state index in [0.29, 0.717) is 17.2 Å². The molecule has 25 heavy (non-hydrogen) atoms. The predicted molar refractivity (Wildman–Crippen MR) is 93.2 cm³/mol. The van der Waals surface area contributed by atoms with Crippen molar-refractivity contribution < 1.29 is 31.1 Å². The molecule has 0 atom stereocenters. The van der Waals surface area contributed by atoms with E-state index in [-0.39, 0.29) is 29.3 Å². The SMILES string of the molecule is O=C(C[n+]1ccc(OCc2ccccc2)cc1)c1cccc(Cl)c1.[Br-]. The van der Waals surface area contributed by atoms with Gasteiger partial charge >= 0.3 is 0 Å². The smallest absolute Gasteiger partial charge is 0.227 e. The van der Waals surface area contributed by atoms with Crippen LogP contribution >= 0.6 is 11.6 Å². The molecular weight excluding hydrogens is 402 g/mol. The first kappa shape index (κ1) is 19.2. The predicted octanol–water partition coefficient (Wildman–Crippen LogP) is 1.09. The number of rotatable bonds is 6. The average molecular weight is 419 g/mol. The van der Waals surface area contributed by atoms with Crippen LogP contribution in [0.15, 0.2) is 79.1 Å². The van der Waals surface area contributed by atoms with Crippen LogP contribution in [-0.2, 0) is 13.2 Å². The zero-order chi connectivity index (χ0) is 16.8. The molecule has 0 saturated carbocycles. The normalized spacial score (nSPS) is 9.96. The third kappa shape index (κ3) is 5.69. The fraction of sp³-hybridized carbons (Fsp3) is 0.100. The summed E-state index contributed by atoms with van der Waals surface area (Å²) >= 11 is 5.92. The summed E-state index contributed by atoms with van der Waals surface area (Å²) < 4.78 is 7.55. The maximum absolute atomic E-state index is 12.3. The molecule has 0 fully saturated rings. The summed E-state index contributed by atoms with van der Waals surface area (Å²) in [5.74, 6) is 0.783. The summed E-state index contributed by atoms with van der Waals surface area (Å²) in [5, 5.41) is 0.565. The fourth-order valence-electron chi connectivity index (χ4n) is 2.31. The van der Waals surface area contributed by atoms with Gasteiger partial charge in [0.2, 0.25) is 12.3 Å². The monoisotopic (exact) mass is 417 g/mol. The fourth-order valence-corrected chi connectivity index (χ4v) is 2.50. The van der Waals surface area contributed by atoms with Gasteiger partial charge in [-0.2, -0.15) is 4.57 Å². The van der Waals surface area contributed by atoms with Crippen molar-refractivity contribution in [2.24, 2.45) is 0 Å². The largest absolute Gasteiger partial charge is 1.00 e. The van der Waals surface area contributed by atoms with Gasteiger partial charge in [0.25, 0.3) is 0 Å². The van der Waals surface area contributed by atoms with E-state index in [0.717, 1.165) is 11.3 Å². The van der Waals surface area contributed by atoms with Gasteiger partial charge in [-0.25, -0.2) is 0 Å². The summed E-state index contributed by atoms with van der Waals surface area (Å²) in [7, 11) is 0. The van der Waals surface area contributed by atoms with Crippen molar-refractivity contribution in [2.75, 3.05) is 0 Å². The number of halogens is 2. The lowest BCUT2D eigenvalue weighted by Gasteiger charge is -2.05. The Kier molecular flexibility index (Phi) is 7.16. The first-order valence-electron chi connectivity index (χ1n) is 7.65. The molecule has 0 radical (unpaired) electrons. The molecule has 0 bridgehead atoms. The Bertz CT molecular complexity index is 823.